The van der Waals surface area contributed by atoms with Gasteiger partial charge in [-0.15, -0.1) is 11.3 Å². The summed E-state index contributed by atoms with van der Waals surface area (Å²) < 4.78 is 19.3. The average molecular weight is 409 g/mol. The molecule has 0 saturated heterocycles. The Morgan fingerprint density at radius 3 is 2.62 bits per heavy atom. The quantitative estimate of drug-likeness (QED) is 0.622. The highest BCUT2D eigenvalue weighted by Gasteiger charge is 2.45. The molecule has 0 fully saturated rings. The molecule has 4 rings (SSSR count). The van der Waals surface area contributed by atoms with Crippen LogP contribution in [0.2, 0.25) is 0 Å². The lowest BCUT2D eigenvalue weighted by Crippen LogP contribution is -2.31. The minimum atomic E-state index is -0.963. The van der Waals surface area contributed by atoms with Crippen LogP contribution < -0.4 is 9.64 Å². The number of Topliss-reactive ketones (excluding diaryl/α,β-unsaturated/α-hetero) is 1. The van der Waals surface area contributed by atoms with Gasteiger partial charge in [0.25, 0.3) is 5.91 Å². The largest absolute Gasteiger partial charge is 0.503 e. The first-order valence-electron chi connectivity index (χ1n) is 8.76. The van der Waals surface area contributed by atoms with E-state index in [4.69, 9.17) is 4.74 Å². The van der Waals surface area contributed by atoms with Crippen molar-refractivity contribution in [1.29, 1.82) is 0 Å². The summed E-state index contributed by atoms with van der Waals surface area (Å²) in [6.07, 6.45) is 0. The van der Waals surface area contributed by atoms with Gasteiger partial charge in [-0.25, -0.2) is 4.39 Å². The molecule has 1 N–H and O–H groups in total. The molecule has 2 aromatic carbocycles. The molecule has 1 aliphatic heterocycles. The van der Waals surface area contributed by atoms with Crippen molar-refractivity contribution in [2.45, 2.75) is 6.04 Å². The van der Waals surface area contributed by atoms with Crippen LogP contribution >= 0.6 is 11.3 Å². The maximum Gasteiger partial charge on any atom is 0.294 e. The van der Waals surface area contributed by atoms with Gasteiger partial charge in [0.05, 0.1) is 23.6 Å². The summed E-state index contributed by atoms with van der Waals surface area (Å²) in [7, 11) is 1.48. The number of hydrogen-bond donors (Lipinski definition) is 1. The first-order chi connectivity index (χ1) is 14.0. The molecule has 1 unspecified atom stereocenters. The fourth-order valence-electron chi connectivity index (χ4n) is 3.46. The van der Waals surface area contributed by atoms with Gasteiger partial charge in [0.15, 0.2) is 5.76 Å². The number of rotatable bonds is 5. The lowest BCUT2D eigenvalue weighted by atomic mass is 9.94. The molecule has 29 heavy (non-hydrogen) atoms. The van der Waals surface area contributed by atoms with Gasteiger partial charge in [0.2, 0.25) is 5.78 Å². The van der Waals surface area contributed by atoms with E-state index in [0.29, 0.717) is 16.2 Å². The van der Waals surface area contributed by atoms with Crippen molar-refractivity contribution in [3.05, 3.63) is 93.6 Å². The Morgan fingerprint density at radius 1 is 1.14 bits per heavy atom. The van der Waals surface area contributed by atoms with Gasteiger partial charge in [0, 0.05) is 11.3 Å². The summed E-state index contributed by atoms with van der Waals surface area (Å²) in [6, 6.07) is 14.8. The van der Waals surface area contributed by atoms with Crippen LogP contribution in [0.15, 0.2) is 77.4 Å². The number of nitrogens with zero attached hydrogens (tertiary/aromatic N) is 1. The number of aliphatic hydroxyl groups excluding tert-OH is 1. The molecule has 0 bridgehead atoms. The van der Waals surface area contributed by atoms with Crippen LogP contribution in [-0.4, -0.2) is 23.9 Å². The predicted molar refractivity (Wildman–Crippen MR) is 108 cm³/mol. The summed E-state index contributed by atoms with van der Waals surface area (Å²) in [5, 5.41) is 12.4. The molecule has 146 valence electrons. The van der Waals surface area contributed by atoms with Gasteiger partial charge < -0.3 is 9.84 Å². The van der Waals surface area contributed by atoms with Gasteiger partial charge >= 0.3 is 0 Å². The van der Waals surface area contributed by atoms with Crippen LogP contribution in [0.1, 0.15) is 21.3 Å². The number of halogens is 1. The summed E-state index contributed by atoms with van der Waals surface area (Å²) in [5.74, 6) is -1.97. The topological polar surface area (TPSA) is 66.8 Å². The number of methoxy groups -OCH3 is 1. The number of carbonyl (C=O) groups excluding carboxylic acids is 2. The number of thiophene rings is 1. The second kappa shape index (κ2) is 7.52. The molecule has 1 aliphatic rings. The molecular weight excluding hydrogens is 393 g/mol. The van der Waals surface area contributed by atoms with E-state index in [1.807, 2.05) is 0 Å². The molecular formula is C22H16FNO4S. The first kappa shape index (κ1) is 18.9. The number of carbonyl (C=O) groups is 2. The van der Waals surface area contributed by atoms with Crippen LogP contribution in [0.25, 0.3) is 0 Å². The third kappa shape index (κ3) is 3.19. The van der Waals surface area contributed by atoms with Gasteiger partial charge in [-0.05, 0) is 35.7 Å². The lowest BCUT2D eigenvalue weighted by Gasteiger charge is -2.28. The van der Waals surface area contributed by atoms with E-state index < -0.39 is 29.3 Å². The maximum absolute atomic E-state index is 13.9. The summed E-state index contributed by atoms with van der Waals surface area (Å²) >= 11 is 1.21. The molecule has 1 atom stereocenters. The van der Waals surface area contributed by atoms with Crippen molar-refractivity contribution in [2.75, 3.05) is 12.0 Å². The van der Waals surface area contributed by atoms with Crippen molar-refractivity contribution < 1.29 is 23.8 Å². The van der Waals surface area contributed by atoms with E-state index in [1.165, 1.54) is 41.5 Å². The molecule has 1 amide bonds. The lowest BCUT2D eigenvalue weighted by molar-refractivity contribution is -0.117. The number of anilines is 1. The number of hydrogen-bond acceptors (Lipinski definition) is 5. The highest BCUT2D eigenvalue weighted by molar-refractivity contribution is 7.12. The second-order valence-corrected chi connectivity index (χ2v) is 7.32. The summed E-state index contributed by atoms with van der Waals surface area (Å²) in [5.41, 5.74) is 0.675. The highest BCUT2D eigenvalue weighted by Crippen LogP contribution is 2.44. The number of benzene rings is 2. The van der Waals surface area contributed by atoms with E-state index in [9.17, 15) is 19.1 Å². The minimum Gasteiger partial charge on any atom is -0.503 e. The second-order valence-electron chi connectivity index (χ2n) is 6.37. The Hall–Kier alpha value is -3.45. The molecule has 0 spiro atoms. The SMILES string of the molecule is COc1ccccc1C1C(C(=O)c2cccs2)=C(O)C(=O)N1c1cccc(F)c1. The molecule has 7 heteroatoms. The molecule has 0 radical (unpaired) electrons. The zero-order chi connectivity index (χ0) is 20.5. The van der Waals surface area contributed by atoms with Gasteiger partial charge in [-0.1, -0.05) is 30.3 Å². The van der Waals surface area contributed by atoms with Crippen molar-refractivity contribution in [1.82, 2.24) is 0 Å². The summed E-state index contributed by atoms with van der Waals surface area (Å²) in [6.45, 7) is 0. The van der Waals surface area contributed by atoms with E-state index in [2.05, 4.69) is 0 Å². The van der Waals surface area contributed by atoms with Gasteiger partial charge in [-0.2, -0.15) is 0 Å². The molecule has 3 aromatic rings. The van der Waals surface area contributed by atoms with Crippen LogP contribution in [0.3, 0.4) is 0 Å². The highest BCUT2D eigenvalue weighted by atomic mass is 32.1. The van der Waals surface area contributed by atoms with E-state index >= 15 is 0 Å². The number of ether oxygens (including phenoxy) is 1. The standard InChI is InChI=1S/C22H16FNO4S/c1-28-16-9-3-2-8-15(16)19-18(20(25)17-10-5-11-29-17)21(26)22(27)24(19)14-7-4-6-13(23)12-14/h2-12,19,26H,1H3. The first-order valence-corrected chi connectivity index (χ1v) is 9.64. The normalized spacial score (nSPS) is 16.4. The van der Waals surface area contributed by atoms with Crippen molar-refractivity contribution in [3.63, 3.8) is 0 Å². The monoisotopic (exact) mass is 409 g/mol. The fourth-order valence-corrected chi connectivity index (χ4v) is 4.13. The smallest absolute Gasteiger partial charge is 0.294 e. The third-order valence-electron chi connectivity index (χ3n) is 4.72. The van der Waals surface area contributed by atoms with Crippen LogP contribution in [-0.2, 0) is 4.79 Å². The fraction of sp³-hybridized carbons (Fsp3) is 0.0909. The molecule has 1 aromatic heterocycles. The molecule has 2 heterocycles. The Labute approximate surface area is 170 Å². The number of para-hydroxylation sites is 1. The van der Waals surface area contributed by atoms with Crippen molar-refractivity contribution in [3.8, 4) is 5.75 Å². The van der Waals surface area contributed by atoms with Crippen LogP contribution in [0.5, 0.6) is 5.75 Å². The zero-order valence-corrected chi connectivity index (χ0v) is 16.2. The number of ketones is 1. The Bertz CT molecular complexity index is 1120. The van der Waals surface area contributed by atoms with E-state index in [0.717, 1.165) is 0 Å². The maximum atomic E-state index is 13.9. The van der Waals surface area contributed by atoms with E-state index in [-0.39, 0.29) is 11.3 Å². The van der Waals surface area contributed by atoms with Crippen LogP contribution in [0, 0.1) is 5.82 Å². The average Bonchev–Trinajstić information content (AvgIpc) is 3.35. The zero-order valence-electron chi connectivity index (χ0n) is 15.3. The van der Waals surface area contributed by atoms with Gasteiger partial charge in [-0.3, -0.25) is 14.5 Å². The van der Waals surface area contributed by atoms with Crippen LogP contribution in [0.4, 0.5) is 10.1 Å². The van der Waals surface area contributed by atoms with Crippen molar-refractivity contribution >= 4 is 28.7 Å². The molecule has 0 saturated carbocycles. The Morgan fingerprint density at radius 2 is 1.93 bits per heavy atom. The van der Waals surface area contributed by atoms with Gasteiger partial charge in [0.1, 0.15) is 11.6 Å². The number of aliphatic hydroxyl groups is 1. The molecule has 5 nitrogen and oxygen atoms in total. The Balaban J connectivity index is 1.93. The third-order valence-corrected chi connectivity index (χ3v) is 5.59. The number of amides is 1. The predicted octanol–water partition coefficient (Wildman–Crippen LogP) is 4.68. The van der Waals surface area contributed by atoms with E-state index in [1.54, 1.807) is 47.8 Å². The minimum absolute atomic E-state index is 0.0637. The Kier molecular flexibility index (Phi) is 4.90. The molecule has 0 aliphatic carbocycles. The summed E-state index contributed by atoms with van der Waals surface area (Å²) in [4.78, 5) is 27.8. The van der Waals surface area contributed by atoms with Crippen molar-refractivity contribution in [2.24, 2.45) is 0 Å².